The Labute approximate surface area is 243 Å². The highest BCUT2D eigenvalue weighted by Crippen LogP contribution is 2.45. The van der Waals surface area contributed by atoms with E-state index in [4.69, 9.17) is 17.0 Å². The molecule has 212 valence electrons. The Kier molecular flexibility index (Phi) is 7.23. The van der Waals surface area contributed by atoms with Crippen molar-refractivity contribution in [1.29, 1.82) is 0 Å². The van der Waals surface area contributed by atoms with Gasteiger partial charge in [-0.05, 0) is 112 Å². The van der Waals surface area contributed by atoms with Crippen LogP contribution in [0.2, 0.25) is 0 Å². The van der Waals surface area contributed by atoms with E-state index in [-0.39, 0.29) is 23.9 Å². The molecular weight excluding hydrogens is 545 g/mol. The lowest BCUT2D eigenvalue weighted by Gasteiger charge is -2.28. The average Bonchev–Trinajstić information content (AvgIpc) is 3.67. The molecule has 2 aliphatic rings. The van der Waals surface area contributed by atoms with Crippen LogP contribution >= 0.6 is 12.2 Å². The summed E-state index contributed by atoms with van der Waals surface area (Å²) >= 11 is 5.87. The van der Waals surface area contributed by atoms with Crippen molar-refractivity contribution in [3.8, 4) is 11.4 Å². The summed E-state index contributed by atoms with van der Waals surface area (Å²) in [5.41, 5.74) is 3.37. The van der Waals surface area contributed by atoms with E-state index in [0.717, 1.165) is 41.6 Å². The van der Waals surface area contributed by atoms with Gasteiger partial charge < -0.3 is 19.5 Å². The summed E-state index contributed by atoms with van der Waals surface area (Å²) in [5, 5.41) is 3.97. The summed E-state index contributed by atoms with van der Waals surface area (Å²) in [4.78, 5) is 6.65. The highest BCUT2D eigenvalue weighted by Gasteiger charge is 2.43. The van der Waals surface area contributed by atoms with Crippen molar-refractivity contribution in [1.82, 2.24) is 14.9 Å². The van der Waals surface area contributed by atoms with Gasteiger partial charge in [-0.25, -0.2) is 0 Å². The summed E-state index contributed by atoms with van der Waals surface area (Å²) in [6.45, 7) is 3.70. The molecule has 0 unspecified atom stereocenters. The Morgan fingerprint density at radius 1 is 0.951 bits per heavy atom. The standard InChI is InChI=1S/C32H31F3N4OS/c1-20-19-25(21(2)38(20)28-13-6-5-11-26(28)32(33,34)35)30-29(27-12-7-8-18-36-27)37-31(41)39(30)22-14-16-24(17-15-22)40-23-9-3-4-10-23/h5-8,11-19,23,29-30H,3-4,9-10H2,1-2H3,(H,37,41)/t29-,30-/m0/s1. The Bertz CT molecular complexity index is 1550. The minimum Gasteiger partial charge on any atom is -0.490 e. The Morgan fingerprint density at radius 2 is 1.66 bits per heavy atom. The lowest BCUT2D eigenvalue weighted by molar-refractivity contribution is -0.137. The van der Waals surface area contributed by atoms with E-state index in [1.807, 2.05) is 67.3 Å². The van der Waals surface area contributed by atoms with Gasteiger partial charge in [0.1, 0.15) is 5.75 Å². The predicted molar refractivity (Wildman–Crippen MR) is 158 cm³/mol. The first-order valence-corrected chi connectivity index (χ1v) is 14.3. The predicted octanol–water partition coefficient (Wildman–Crippen LogP) is 8.01. The van der Waals surface area contributed by atoms with Crippen molar-refractivity contribution >= 4 is 23.0 Å². The molecule has 41 heavy (non-hydrogen) atoms. The van der Waals surface area contributed by atoms with Crippen LogP contribution in [-0.2, 0) is 6.18 Å². The van der Waals surface area contributed by atoms with Gasteiger partial charge in [0.05, 0.1) is 35.1 Å². The summed E-state index contributed by atoms with van der Waals surface area (Å²) in [6.07, 6.45) is 2.03. The lowest BCUT2D eigenvalue weighted by atomic mass is 9.96. The van der Waals surface area contributed by atoms with Crippen LogP contribution in [0.25, 0.3) is 5.69 Å². The summed E-state index contributed by atoms with van der Waals surface area (Å²) in [5.74, 6) is 0.818. The van der Waals surface area contributed by atoms with E-state index in [9.17, 15) is 13.2 Å². The van der Waals surface area contributed by atoms with Gasteiger partial charge in [-0.3, -0.25) is 4.98 Å². The van der Waals surface area contributed by atoms with Crippen molar-refractivity contribution in [2.75, 3.05) is 4.90 Å². The van der Waals surface area contributed by atoms with Gasteiger partial charge in [0.25, 0.3) is 0 Å². The lowest BCUT2D eigenvalue weighted by Crippen LogP contribution is -2.29. The second-order valence-corrected chi connectivity index (χ2v) is 11.1. The smallest absolute Gasteiger partial charge is 0.418 e. The maximum absolute atomic E-state index is 14.0. The largest absolute Gasteiger partial charge is 0.490 e. The number of hydrogen-bond acceptors (Lipinski definition) is 3. The molecule has 1 saturated carbocycles. The van der Waals surface area contributed by atoms with Gasteiger partial charge in [0.2, 0.25) is 0 Å². The molecule has 1 aliphatic heterocycles. The average molecular weight is 577 g/mol. The number of para-hydroxylation sites is 1. The molecule has 3 heterocycles. The van der Waals surface area contributed by atoms with Crippen LogP contribution in [-0.4, -0.2) is 20.8 Å². The number of rotatable bonds is 6. The van der Waals surface area contributed by atoms with E-state index in [1.165, 1.54) is 25.0 Å². The fourth-order valence-corrected chi connectivity index (χ4v) is 6.55. The number of pyridine rings is 1. The van der Waals surface area contributed by atoms with Gasteiger partial charge >= 0.3 is 6.18 Å². The molecule has 2 atom stereocenters. The molecule has 5 nitrogen and oxygen atoms in total. The van der Waals surface area contributed by atoms with Crippen LogP contribution in [0.4, 0.5) is 18.9 Å². The highest BCUT2D eigenvalue weighted by atomic mass is 32.1. The van der Waals surface area contributed by atoms with E-state index in [0.29, 0.717) is 16.5 Å². The molecule has 1 aliphatic carbocycles. The maximum Gasteiger partial charge on any atom is 0.418 e. The SMILES string of the molecule is Cc1cc([C@H]2[C@H](c3ccccn3)NC(=S)N2c2ccc(OC3CCCC3)cc2)c(C)n1-c1ccccc1C(F)(F)F. The Morgan fingerprint density at radius 3 is 2.34 bits per heavy atom. The maximum atomic E-state index is 14.0. The van der Waals surface area contributed by atoms with E-state index in [1.54, 1.807) is 16.8 Å². The topological polar surface area (TPSA) is 42.3 Å². The number of thiocarbonyl (C=S) groups is 1. The Balaban J connectivity index is 1.44. The first-order valence-electron chi connectivity index (χ1n) is 13.8. The number of benzene rings is 2. The molecule has 0 spiro atoms. The van der Waals surface area contributed by atoms with Crippen molar-refractivity contribution in [3.05, 3.63) is 107 Å². The first kappa shape index (κ1) is 27.3. The molecule has 2 aromatic heterocycles. The summed E-state index contributed by atoms with van der Waals surface area (Å²) < 4.78 is 49.9. The fraction of sp³-hybridized carbons (Fsp3) is 0.312. The summed E-state index contributed by atoms with van der Waals surface area (Å²) in [6, 6.07) is 20.6. The molecule has 1 saturated heterocycles. The zero-order chi connectivity index (χ0) is 28.7. The number of hydrogen-bond donors (Lipinski definition) is 1. The second-order valence-electron chi connectivity index (χ2n) is 10.7. The van der Waals surface area contributed by atoms with Crippen LogP contribution < -0.4 is 15.0 Å². The number of halogens is 3. The van der Waals surface area contributed by atoms with E-state index < -0.39 is 11.7 Å². The quantitative estimate of drug-likeness (QED) is 0.236. The number of aromatic nitrogens is 2. The molecule has 0 amide bonds. The van der Waals surface area contributed by atoms with Gasteiger partial charge in [0, 0.05) is 23.3 Å². The third-order valence-corrected chi connectivity index (χ3v) is 8.37. The van der Waals surface area contributed by atoms with Crippen LogP contribution in [0.3, 0.4) is 0 Å². The molecule has 0 radical (unpaired) electrons. The van der Waals surface area contributed by atoms with Gasteiger partial charge in [-0.15, -0.1) is 0 Å². The number of nitrogens with one attached hydrogen (secondary N) is 1. The number of alkyl halides is 3. The minimum atomic E-state index is -4.48. The molecule has 1 N–H and O–H groups in total. The third-order valence-electron chi connectivity index (χ3n) is 8.06. The highest BCUT2D eigenvalue weighted by molar-refractivity contribution is 7.80. The molecule has 2 fully saturated rings. The van der Waals surface area contributed by atoms with E-state index in [2.05, 4.69) is 10.3 Å². The van der Waals surface area contributed by atoms with Crippen LogP contribution in [0.5, 0.6) is 5.75 Å². The minimum absolute atomic E-state index is 0.101. The van der Waals surface area contributed by atoms with Gasteiger partial charge in [-0.2, -0.15) is 13.2 Å². The second kappa shape index (κ2) is 10.9. The van der Waals surface area contributed by atoms with Gasteiger partial charge in [-0.1, -0.05) is 18.2 Å². The molecular formula is C32H31F3N4OS. The van der Waals surface area contributed by atoms with Crippen LogP contribution in [0.15, 0.2) is 79.0 Å². The fourth-order valence-electron chi connectivity index (χ4n) is 6.20. The monoisotopic (exact) mass is 576 g/mol. The zero-order valence-corrected chi connectivity index (χ0v) is 23.7. The zero-order valence-electron chi connectivity index (χ0n) is 22.9. The molecule has 0 bridgehead atoms. The third kappa shape index (κ3) is 5.19. The van der Waals surface area contributed by atoms with Crippen LogP contribution in [0.1, 0.15) is 66.0 Å². The first-order chi connectivity index (χ1) is 19.7. The van der Waals surface area contributed by atoms with Crippen molar-refractivity contribution < 1.29 is 17.9 Å². The molecule has 2 aromatic carbocycles. The Hall–Kier alpha value is -3.85. The van der Waals surface area contributed by atoms with Crippen molar-refractivity contribution in [3.63, 3.8) is 0 Å². The normalized spacial score (nSPS) is 19.5. The van der Waals surface area contributed by atoms with Gasteiger partial charge in [0.15, 0.2) is 5.11 Å². The molecule has 4 aromatic rings. The van der Waals surface area contributed by atoms with E-state index >= 15 is 0 Å². The molecule has 9 heteroatoms. The van der Waals surface area contributed by atoms with Crippen molar-refractivity contribution in [2.45, 2.75) is 63.9 Å². The summed E-state index contributed by atoms with van der Waals surface area (Å²) in [7, 11) is 0. The number of anilines is 1. The van der Waals surface area contributed by atoms with Crippen LogP contribution in [0, 0.1) is 13.8 Å². The number of nitrogens with zero attached hydrogens (tertiary/aromatic N) is 3. The number of aryl methyl sites for hydroxylation is 1. The molecule has 6 rings (SSSR count). The number of ether oxygens (including phenoxy) is 1. The van der Waals surface area contributed by atoms with Crippen molar-refractivity contribution in [2.24, 2.45) is 0 Å².